The summed E-state index contributed by atoms with van der Waals surface area (Å²) in [6, 6.07) is 8.64. The average molecular weight is 458 g/mol. The number of benzene rings is 1. The van der Waals surface area contributed by atoms with Crippen molar-refractivity contribution in [3.05, 3.63) is 66.4 Å². The molecule has 3 N–H and O–H groups in total. The number of nitrogens with zero attached hydrogens (tertiary/aromatic N) is 2. The molecule has 0 saturated heterocycles. The molecule has 13 heteroatoms. The van der Waals surface area contributed by atoms with Gasteiger partial charge in [0.25, 0.3) is 0 Å². The molecule has 1 unspecified atom stereocenters. The molecule has 166 valence electrons. The lowest BCUT2D eigenvalue weighted by Gasteiger charge is -2.34. The zero-order valence-corrected chi connectivity index (χ0v) is 16.5. The van der Waals surface area contributed by atoms with Crippen LogP contribution >= 0.6 is 0 Å². The van der Waals surface area contributed by atoms with E-state index in [0.717, 1.165) is 12.4 Å². The number of aromatic nitrogens is 1. The maximum Gasteiger partial charge on any atom is 0.421 e. The molecule has 1 aromatic heterocycles. The predicted molar refractivity (Wildman–Crippen MR) is 104 cm³/mol. The van der Waals surface area contributed by atoms with Crippen LogP contribution in [0.4, 0.5) is 24.5 Å². The molecule has 1 aliphatic rings. The van der Waals surface area contributed by atoms with Crippen molar-refractivity contribution >= 4 is 27.4 Å². The van der Waals surface area contributed by atoms with Crippen molar-refractivity contribution in [3.8, 4) is 0 Å². The summed E-state index contributed by atoms with van der Waals surface area (Å²) in [5.41, 5.74) is 0.182. The fourth-order valence-corrected chi connectivity index (χ4v) is 3.68. The minimum absolute atomic E-state index is 0.110. The third kappa shape index (κ3) is 5.64. The van der Waals surface area contributed by atoms with Gasteiger partial charge in [-0.3, -0.25) is 14.5 Å². The second kappa shape index (κ2) is 8.81. The molecule has 2 heterocycles. The molecule has 0 radical (unpaired) electrons. The lowest BCUT2D eigenvalue weighted by atomic mass is 10.1. The zero-order valence-electron chi connectivity index (χ0n) is 15.7. The van der Waals surface area contributed by atoms with Gasteiger partial charge in [0.15, 0.2) is 5.82 Å². The summed E-state index contributed by atoms with van der Waals surface area (Å²) < 4.78 is 68.0. The summed E-state index contributed by atoms with van der Waals surface area (Å²) in [7, 11) is -4.20. The fourth-order valence-electron chi connectivity index (χ4n) is 2.67. The van der Waals surface area contributed by atoms with Gasteiger partial charge in [0, 0.05) is 24.2 Å². The lowest BCUT2D eigenvalue weighted by Crippen LogP contribution is -2.41. The molecule has 1 atom stereocenters. The molecule has 9 nitrogen and oxygen atoms in total. The van der Waals surface area contributed by atoms with Crippen LogP contribution in [0.1, 0.15) is 18.1 Å². The first-order valence-electron chi connectivity index (χ1n) is 8.78. The standard InChI is InChI=1S/C18H17F3N4O5S/c19-18(20,21)17(12-4-3-8-22-10-12)30-25-14-6-2-1-5-13(14)23-11-15(25)24-31(28,29)9-7-16(26)27/h1-6,8,10-11,17,23-24H,7,9H2,(H,26,27). The van der Waals surface area contributed by atoms with E-state index in [1.165, 1.54) is 30.5 Å². The molecule has 1 aromatic carbocycles. The van der Waals surface area contributed by atoms with Crippen molar-refractivity contribution in [2.75, 3.05) is 16.1 Å². The van der Waals surface area contributed by atoms with Gasteiger partial charge in [-0.15, -0.1) is 0 Å². The number of alkyl halides is 3. The summed E-state index contributed by atoms with van der Waals surface area (Å²) >= 11 is 0. The first-order valence-corrected chi connectivity index (χ1v) is 10.4. The van der Waals surface area contributed by atoms with Gasteiger partial charge < -0.3 is 10.4 Å². The molecule has 31 heavy (non-hydrogen) atoms. The number of pyridine rings is 1. The van der Waals surface area contributed by atoms with E-state index in [0.29, 0.717) is 10.8 Å². The van der Waals surface area contributed by atoms with Gasteiger partial charge >= 0.3 is 12.1 Å². The smallest absolute Gasteiger partial charge is 0.421 e. The maximum absolute atomic E-state index is 13.8. The number of anilines is 2. The minimum Gasteiger partial charge on any atom is -0.481 e. The first kappa shape index (κ1) is 22.4. The molecule has 2 aromatic rings. The van der Waals surface area contributed by atoms with Crippen molar-refractivity contribution < 1.29 is 36.3 Å². The number of aliphatic carboxylic acids is 1. The van der Waals surface area contributed by atoms with Crippen LogP contribution in [0.15, 0.2) is 60.8 Å². The number of fused-ring (bicyclic) bond motifs is 1. The molecule has 0 spiro atoms. The number of rotatable bonds is 8. The van der Waals surface area contributed by atoms with Gasteiger partial charge in [-0.2, -0.15) is 13.2 Å². The Morgan fingerprint density at radius 2 is 2.00 bits per heavy atom. The van der Waals surface area contributed by atoms with E-state index >= 15 is 0 Å². The Labute approximate surface area is 175 Å². The highest BCUT2D eigenvalue weighted by Crippen LogP contribution is 2.40. The van der Waals surface area contributed by atoms with Gasteiger partial charge in [-0.05, 0) is 18.2 Å². The number of halogens is 3. The van der Waals surface area contributed by atoms with E-state index < -0.39 is 40.4 Å². The summed E-state index contributed by atoms with van der Waals surface area (Å²) in [6.45, 7) is 0. The highest BCUT2D eigenvalue weighted by Gasteiger charge is 2.45. The van der Waals surface area contributed by atoms with Crippen LogP contribution in [0.25, 0.3) is 0 Å². The van der Waals surface area contributed by atoms with Crippen LogP contribution in [-0.4, -0.2) is 36.4 Å². The van der Waals surface area contributed by atoms with Crippen molar-refractivity contribution in [3.63, 3.8) is 0 Å². The number of para-hydroxylation sites is 2. The number of hydrogen-bond acceptors (Lipinski definition) is 7. The second-order valence-electron chi connectivity index (χ2n) is 6.36. The lowest BCUT2D eigenvalue weighted by molar-refractivity contribution is -0.226. The van der Waals surface area contributed by atoms with Crippen LogP contribution in [0.5, 0.6) is 0 Å². The van der Waals surface area contributed by atoms with E-state index in [9.17, 15) is 26.4 Å². The maximum atomic E-state index is 13.8. The molecule has 0 fully saturated rings. The number of carbonyl (C=O) groups is 1. The van der Waals surface area contributed by atoms with Crippen molar-refractivity contribution in [1.82, 2.24) is 9.71 Å². The summed E-state index contributed by atoms with van der Waals surface area (Å²) in [5.74, 6) is -2.49. The molecular formula is C18H17F3N4O5S. The molecule has 0 saturated carbocycles. The van der Waals surface area contributed by atoms with E-state index in [4.69, 9.17) is 9.94 Å². The largest absolute Gasteiger partial charge is 0.481 e. The minimum atomic E-state index is -4.85. The van der Waals surface area contributed by atoms with Gasteiger partial charge in [-0.1, -0.05) is 18.2 Å². The molecule has 0 amide bonds. The number of nitrogens with one attached hydrogen (secondary N) is 2. The quantitative estimate of drug-likeness (QED) is 0.552. The Morgan fingerprint density at radius 1 is 1.26 bits per heavy atom. The van der Waals surface area contributed by atoms with Gasteiger partial charge in [-0.25, -0.2) is 18.3 Å². The third-order valence-corrected chi connectivity index (χ3v) is 5.31. The van der Waals surface area contributed by atoms with Crippen LogP contribution in [0, 0.1) is 0 Å². The van der Waals surface area contributed by atoms with Crippen LogP contribution in [0.2, 0.25) is 0 Å². The normalized spacial score (nSPS) is 14.8. The zero-order chi connectivity index (χ0) is 22.6. The van der Waals surface area contributed by atoms with Gasteiger partial charge in [0.1, 0.15) is 0 Å². The van der Waals surface area contributed by atoms with E-state index in [2.05, 4.69) is 15.0 Å². The SMILES string of the molecule is O=C(O)CCS(=O)(=O)NC1=CNc2ccccc2N1OC(c1cccnc1)C(F)(F)F. The monoisotopic (exact) mass is 458 g/mol. The summed E-state index contributed by atoms with van der Waals surface area (Å²) in [6.07, 6.45) is -4.59. The number of hydroxylamine groups is 1. The molecule has 1 aliphatic heterocycles. The first-order chi connectivity index (χ1) is 14.6. The van der Waals surface area contributed by atoms with Crippen LogP contribution in [0.3, 0.4) is 0 Å². The molecule has 0 aliphatic carbocycles. The number of carboxylic acid groups (broad SMARTS) is 1. The predicted octanol–water partition coefficient (Wildman–Crippen LogP) is 2.74. The highest BCUT2D eigenvalue weighted by atomic mass is 32.2. The Balaban J connectivity index is 1.96. The molecular weight excluding hydrogens is 441 g/mol. The van der Waals surface area contributed by atoms with Crippen LogP contribution in [-0.2, 0) is 19.7 Å². The highest BCUT2D eigenvalue weighted by molar-refractivity contribution is 7.89. The topological polar surface area (TPSA) is 121 Å². The van der Waals surface area contributed by atoms with E-state index in [1.54, 1.807) is 12.1 Å². The van der Waals surface area contributed by atoms with E-state index in [-0.39, 0.29) is 17.1 Å². The number of sulfonamides is 1. The third-order valence-electron chi connectivity index (χ3n) is 4.05. The Bertz CT molecular complexity index is 1080. The Morgan fingerprint density at radius 3 is 2.65 bits per heavy atom. The average Bonchev–Trinajstić information content (AvgIpc) is 2.71. The Hall–Kier alpha value is -3.32. The fraction of sp³-hybridized carbons (Fsp3) is 0.222. The Kier molecular flexibility index (Phi) is 6.36. The molecule has 3 rings (SSSR count). The number of carboxylic acids is 1. The van der Waals surface area contributed by atoms with E-state index in [1.807, 2.05) is 0 Å². The van der Waals surface area contributed by atoms with Gasteiger partial charge in [0.2, 0.25) is 16.1 Å². The van der Waals surface area contributed by atoms with Gasteiger partial charge in [0.05, 0.1) is 23.5 Å². The van der Waals surface area contributed by atoms with Crippen molar-refractivity contribution in [2.24, 2.45) is 0 Å². The van der Waals surface area contributed by atoms with Crippen LogP contribution < -0.4 is 15.1 Å². The summed E-state index contributed by atoms with van der Waals surface area (Å²) in [5, 5.41) is 12.2. The van der Waals surface area contributed by atoms with Crippen molar-refractivity contribution in [2.45, 2.75) is 18.7 Å². The number of hydrogen-bond donors (Lipinski definition) is 3. The second-order valence-corrected chi connectivity index (χ2v) is 8.21. The van der Waals surface area contributed by atoms with Crippen molar-refractivity contribution in [1.29, 1.82) is 0 Å². The molecule has 0 bridgehead atoms. The summed E-state index contributed by atoms with van der Waals surface area (Å²) in [4.78, 5) is 19.6.